The molecule has 0 unspecified atom stereocenters. The van der Waals surface area contributed by atoms with Crippen molar-refractivity contribution < 1.29 is 9.59 Å². The van der Waals surface area contributed by atoms with Crippen LogP contribution >= 0.6 is 11.6 Å². The van der Waals surface area contributed by atoms with E-state index in [-0.39, 0.29) is 11.8 Å². The average Bonchev–Trinajstić information content (AvgIpc) is 3.04. The third-order valence-electron chi connectivity index (χ3n) is 5.66. The third-order valence-corrected chi connectivity index (χ3v) is 5.98. The van der Waals surface area contributed by atoms with Crippen LogP contribution in [0, 0.1) is 0 Å². The lowest BCUT2D eigenvalue weighted by atomic mass is 9.98. The number of hydrogen-bond donors (Lipinski definition) is 0. The summed E-state index contributed by atoms with van der Waals surface area (Å²) in [5.74, 6) is -0.667. The molecule has 0 bridgehead atoms. The quantitative estimate of drug-likeness (QED) is 0.584. The summed E-state index contributed by atoms with van der Waals surface area (Å²) in [5.41, 5.74) is 4.49. The van der Waals surface area contributed by atoms with Crippen LogP contribution in [-0.4, -0.2) is 23.3 Å². The molecule has 0 atom stereocenters. The highest BCUT2D eigenvalue weighted by Crippen LogP contribution is 2.38. The number of amides is 2. The van der Waals surface area contributed by atoms with Crippen molar-refractivity contribution in [1.29, 1.82) is 0 Å². The second-order valence-corrected chi connectivity index (χ2v) is 7.83. The van der Waals surface area contributed by atoms with E-state index in [9.17, 15) is 9.59 Å². The van der Waals surface area contributed by atoms with Crippen molar-refractivity contribution in [1.82, 2.24) is 4.90 Å². The van der Waals surface area contributed by atoms with Crippen LogP contribution in [-0.2, 0) is 22.6 Å². The molecule has 0 spiro atoms. The van der Waals surface area contributed by atoms with Crippen LogP contribution in [0.25, 0.3) is 5.57 Å². The van der Waals surface area contributed by atoms with Gasteiger partial charge in [0.05, 0.1) is 16.3 Å². The van der Waals surface area contributed by atoms with Crippen molar-refractivity contribution >= 4 is 34.7 Å². The van der Waals surface area contributed by atoms with Gasteiger partial charge >= 0.3 is 0 Å². The number of benzene rings is 3. The third kappa shape index (κ3) is 3.01. The molecule has 2 aliphatic heterocycles. The number of rotatable bonds is 3. The zero-order valence-corrected chi connectivity index (χ0v) is 17.0. The van der Waals surface area contributed by atoms with Gasteiger partial charge in [-0.2, -0.15) is 0 Å². The second-order valence-electron chi connectivity index (χ2n) is 7.43. The standard InChI is InChI=1S/C25H19ClN2O2/c26-20-12-6-7-13-21(20)28-24(29)22(18-9-2-1-3-10-18)23(25(28)30)27-15-14-17-8-4-5-11-19(17)16-27/h1-13H,14-16H2. The molecule has 4 nitrogen and oxygen atoms in total. The predicted octanol–water partition coefficient (Wildman–Crippen LogP) is 4.68. The van der Waals surface area contributed by atoms with Crippen LogP contribution in [0.15, 0.2) is 84.6 Å². The monoisotopic (exact) mass is 414 g/mol. The van der Waals surface area contributed by atoms with E-state index in [1.807, 2.05) is 47.4 Å². The minimum absolute atomic E-state index is 0.327. The van der Waals surface area contributed by atoms with E-state index in [2.05, 4.69) is 12.1 Å². The topological polar surface area (TPSA) is 40.6 Å². The van der Waals surface area contributed by atoms with Gasteiger partial charge in [-0.15, -0.1) is 0 Å². The number of anilines is 1. The van der Waals surface area contributed by atoms with E-state index in [0.717, 1.165) is 12.0 Å². The second kappa shape index (κ2) is 7.47. The summed E-state index contributed by atoms with van der Waals surface area (Å²) < 4.78 is 0. The van der Waals surface area contributed by atoms with Gasteiger partial charge < -0.3 is 4.90 Å². The van der Waals surface area contributed by atoms with Gasteiger partial charge in [-0.05, 0) is 35.2 Å². The highest BCUT2D eigenvalue weighted by atomic mass is 35.5. The molecule has 3 aromatic rings. The molecule has 5 heteroatoms. The van der Waals surface area contributed by atoms with Crippen LogP contribution in [0.5, 0.6) is 0 Å². The van der Waals surface area contributed by atoms with Gasteiger partial charge in [0.25, 0.3) is 11.8 Å². The van der Waals surface area contributed by atoms with Crippen molar-refractivity contribution in [3.8, 4) is 0 Å². The molecule has 0 N–H and O–H groups in total. The summed E-state index contributed by atoms with van der Waals surface area (Å²) in [6, 6.07) is 24.6. The number of nitrogens with zero attached hydrogens (tertiary/aromatic N) is 2. The molecule has 2 heterocycles. The number of halogens is 1. The normalized spacial score (nSPS) is 16.3. The van der Waals surface area contributed by atoms with E-state index >= 15 is 0 Å². The van der Waals surface area contributed by atoms with E-state index < -0.39 is 0 Å². The van der Waals surface area contributed by atoms with Gasteiger partial charge in [0.2, 0.25) is 0 Å². The molecular formula is C25H19ClN2O2. The minimum atomic E-state index is -0.340. The van der Waals surface area contributed by atoms with Crippen molar-refractivity contribution in [3.05, 3.63) is 106 Å². The Morgan fingerprint density at radius 3 is 2.17 bits per heavy atom. The molecule has 0 radical (unpaired) electrons. The Balaban J connectivity index is 1.63. The Morgan fingerprint density at radius 2 is 1.40 bits per heavy atom. The molecule has 0 fully saturated rings. The van der Waals surface area contributed by atoms with Crippen LogP contribution in [0.1, 0.15) is 16.7 Å². The molecule has 0 aliphatic carbocycles. The fourth-order valence-corrected chi connectivity index (χ4v) is 4.44. The van der Waals surface area contributed by atoms with Gasteiger partial charge in [-0.25, -0.2) is 4.90 Å². The maximum Gasteiger partial charge on any atom is 0.282 e. The zero-order chi connectivity index (χ0) is 20.7. The molecule has 5 rings (SSSR count). The zero-order valence-electron chi connectivity index (χ0n) is 16.2. The SMILES string of the molecule is O=C1C(c2ccccc2)=C(N2CCc3ccccc3C2)C(=O)N1c1ccccc1Cl. The van der Waals surface area contributed by atoms with Gasteiger partial charge in [-0.3, -0.25) is 9.59 Å². The Kier molecular flexibility index (Phi) is 4.64. The largest absolute Gasteiger partial charge is 0.362 e. The predicted molar refractivity (Wildman–Crippen MR) is 118 cm³/mol. The molecule has 2 amide bonds. The van der Waals surface area contributed by atoms with Gasteiger partial charge in [0.1, 0.15) is 5.70 Å². The maximum absolute atomic E-state index is 13.6. The molecule has 30 heavy (non-hydrogen) atoms. The number of para-hydroxylation sites is 1. The first kappa shape index (κ1) is 18.6. The first-order chi connectivity index (χ1) is 14.6. The fraction of sp³-hybridized carbons (Fsp3) is 0.120. The van der Waals surface area contributed by atoms with Crippen molar-refractivity contribution in [3.63, 3.8) is 0 Å². The summed E-state index contributed by atoms with van der Waals surface area (Å²) in [7, 11) is 0. The molecule has 3 aromatic carbocycles. The van der Waals surface area contributed by atoms with Crippen LogP contribution in [0.4, 0.5) is 5.69 Å². The summed E-state index contributed by atoms with van der Waals surface area (Å²) in [4.78, 5) is 30.4. The van der Waals surface area contributed by atoms with Crippen molar-refractivity contribution in [2.24, 2.45) is 0 Å². The van der Waals surface area contributed by atoms with Gasteiger partial charge in [-0.1, -0.05) is 78.3 Å². The molecule has 148 valence electrons. The van der Waals surface area contributed by atoms with Crippen molar-refractivity contribution in [2.45, 2.75) is 13.0 Å². The first-order valence-corrected chi connectivity index (χ1v) is 10.3. The van der Waals surface area contributed by atoms with E-state index in [1.54, 1.807) is 24.3 Å². The van der Waals surface area contributed by atoms with E-state index in [0.29, 0.717) is 35.1 Å². The number of imide groups is 1. The Labute approximate surface area is 180 Å². The number of carbonyl (C=O) groups excluding carboxylic acids is 2. The number of fused-ring (bicyclic) bond motifs is 1. The van der Waals surface area contributed by atoms with Gasteiger partial charge in [0.15, 0.2) is 0 Å². The van der Waals surface area contributed by atoms with E-state index in [1.165, 1.54) is 16.0 Å². The van der Waals surface area contributed by atoms with Crippen LogP contribution in [0.2, 0.25) is 5.02 Å². The smallest absolute Gasteiger partial charge is 0.282 e. The lowest BCUT2D eigenvalue weighted by Crippen LogP contribution is -2.37. The summed E-state index contributed by atoms with van der Waals surface area (Å²) in [6.45, 7) is 1.27. The lowest BCUT2D eigenvalue weighted by Gasteiger charge is -2.31. The molecule has 2 aliphatic rings. The van der Waals surface area contributed by atoms with Crippen molar-refractivity contribution in [2.75, 3.05) is 11.4 Å². The number of carbonyl (C=O) groups is 2. The highest BCUT2D eigenvalue weighted by Gasteiger charge is 2.43. The van der Waals surface area contributed by atoms with E-state index in [4.69, 9.17) is 11.6 Å². The van der Waals surface area contributed by atoms with Crippen LogP contribution < -0.4 is 4.90 Å². The first-order valence-electron chi connectivity index (χ1n) is 9.90. The molecule has 0 aromatic heterocycles. The average molecular weight is 415 g/mol. The highest BCUT2D eigenvalue weighted by molar-refractivity contribution is 6.47. The fourth-order valence-electron chi connectivity index (χ4n) is 4.21. The Hall–Kier alpha value is -3.37. The summed E-state index contributed by atoms with van der Waals surface area (Å²) in [5, 5.41) is 0.372. The minimum Gasteiger partial charge on any atom is -0.362 e. The Bertz CT molecular complexity index is 1190. The molecule has 0 saturated heterocycles. The molecular weight excluding hydrogens is 396 g/mol. The lowest BCUT2D eigenvalue weighted by molar-refractivity contribution is -0.120. The maximum atomic E-state index is 13.6. The molecule has 0 saturated carbocycles. The summed E-state index contributed by atoms with van der Waals surface area (Å²) >= 11 is 6.35. The Morgan fingerprint density at radius 1 is 0.733 bits per heavy atom. The number of hydrogen-bond acceptors (Lipinski definition) is 3. The summed E-state index contributed by atoms with van der Waals surface area (Å²) in [6.07, 6.45) is 0.829. The van der Waals surface area contributed by atoms with Gasteiger partial charge in [0, 0.05) is 13.1 Å². The van der Waals surface area contributed by atoms with Crippen LogP contribution in [0.3, 0.4) is 0 Å².